The van der Waals surface area contributed by atoms with Crippen LogP contribution in [-0.4, -0.2) is 35.8 Å². The van der Waals surface area contributed by atoms with E-state index in [1.54, 1.807) is 0 Å². The van der Waals surface area contributed by atoms with E-state index in [0.29, 0.717) is 0 Å². The van der Waals surface area contributed by atoms with Crippen LogP contribution in [0.4, 0.5) is 0 Å². The zero-order valence-corrected chi connectivity index (χ0v) is 13.0. The lowest BCUT2D eigenvalue weighted by Crippen LogP contribution is -2.51. The molecule has 1 atom stereocenters. The lowest BCUT2D eigenvalue weighted by Gasteiger charge is -2.44. The number of rotatable bonds is 2. The molecule has 1 unspecified atom stereocenters. The second-order valence-electron chi connectivity index (χ2n) is 6.69. The topological polar surface area (TPSA) is 21.3 Å². The van der Waals surface area contributed by atoms with E-state index in [-0.39, 0.29) is 5.60 Å². The summed E-state index contributed by atoms with van der Waals surface area (Å²) >= 11 is 2.10. The molecule has 2 saturated heterocycles. The van der Waals surface area contributed by atoms with E-state index in [1.165, 1.54) is 75.7 Å². The molecule has 1 N–H and O–H groups in total. The van der Waals surface area contributed by atoms with Crippen LogP contribution in [-0.2, 0) is 4.74 Å². The third-order valence-electron chi connectivity index (χ3n) is 5.22. The number of hydrogen-bond acceptors (Lipinski definition) is 3. The van der Waals surface area contributed by atoms with Crippen molar-refractivity contribution in [1.82, 2.24) is 5.32 Å². The summed E-state index contributed by atoms with van der Waals surface area (Å²) in [5.41, 5.74) is 0.242. The molecule has 3 fully saturated rings. The summed E-state index contributed by atoms with van der Waals surface area (Å²) in [6.07, 6.45) is 13.6. The first-order valence-corrected chi connectivity index (χ1v) is 9.50. The molecule has 0 aromatic heterocycles. The van der Waals surface area contributed by atoms with Gasteiger partial charge in [-0.25, -0.2) is 0 Å². The number of nitrogens with one attached hydrogen (secondary N) is 1. The summed E-state index contributed by atoms with van der Waals surface area (Å²) in [4.78, 5) is 0. The molecule has 3 heteroatoms. The zero-order valence-electron chi connectivity index (χ0n) is 12.2. The molecular weight excluding hydrogens is 254 g/mol. The van der Waals surface area contributed by atoms with Gasteiger partial charge >= 0.3 is 0 Å². The van der Waals surface area contributed by atoms with Crippen LogP contribution in [0.2, 0.25) is 0 Å². The fourth-order valence-electron chi connectivity index (χ4n) is 4.04. The Morgan fingerprint density at radius 2 is 1.63 bits per heavy atom. The van der Waals surface area contributed by atoms with Gasteiger partial charge in [-0.2, -0.15) is 11.8 Å². The highest BCUT2D eigenvalue weighted by atomic mass is 32.2. The summed E-state index contributed by atoms with van der Waals surface area (Å²) in [7, 11) is 0. The highest BCUT2D eigenvalue weighted by Gasteiger charge is 2.39. The highest BCUT2D eigenvalue weighted by molar-refractivity contribution is 7.99. The van der Waals surface area contributed by atoms with Crippen LogP contribution in [0.5, 0.6) is 0 Å². The normalized spacial score (nSPS) is 33.2. The average Bonchev–Trinajstić information content (AvgIpc) is 2.68. The SMILES string of the molecule is C1CCCC(NC2CCOC3(CCSCC3)C2)CC1. The van der Waals surface area contributed by atoms with Gasteiger partial charge in [-0.15, -0.1) is 0 Å². The van der Waals surface area contributed by atoms with E-state index in [0.717, 1.165) is 18.7 Å². The summed E-state index contributed by atoms with van der Waals surface area (Å²) in [6.45, 7) is 0.981. The van der Waals surface area contributed by atoms with Gasteiger partial charge in [-0.1, -0.05) is 25.7 Å². The monoisotopic (exact) mass is 283 g/mol. The molecule has 19 heavy (non-hydrogen) atoms. The third-order valence-corrected chi connectivity index (χ3v) is 6.21. The summed E-state index contributed by atoms with van der Waals surface area (Å²) < 4.78 is 6.20. The molecule has 1 aliphatic carbocycles. The second kappa shape index (κ2) is 6.82. The Kier molecular flexibility index (Phi) is 5.10. The summed E-state index contributed by atoms with van der Waals surface area (Å²) in [5, 5.41) is 3.98. The quantitative estimate of drug-likeness (QED) is 0.780. The Morgan fingerprint density at radius 3 is 2.37 bits per heavy atom. The first-order valence-electron chi connectivity index (χ1n) is 8.34. The minimum atomic E-state index is 0.242. The van der Waals surface area contributed by atoms with Gasteiger partial charge in [-0.3, -0.25) is 0 Å². The minimum absolute atomic E-state index is 0.242. The van der Waals surface area contributed by atoms with Gasteiger partial charge in [0.05, 0.1) is 5.60 Å². The Morgan fingerprint density at radius 1 is 0.895 bits per heavy atom. The predicted molar refractivity (Wildman–Crippen MR) is 82.9 cm³/mol. The molecule has 2 aliphatic heterocycles. The van der Waals surface area contributed by atoms with E-state index in [1.807, 2.05) is 0 Å². The average molecular weight is 283 g/mol. The molecule has 110 valence electrons. The lowest BCUT2D eigenvalue weighted by atomic mass is 9.85. The van der Waals surface area contributed by atoms with E-state index < -0.39 is 0 Å². The smallest absolute Gasteiger partial charge is 0.0713 e. The van der Waals surface area contributed by atoms with Gasteiger partial charge in [0.25, 0.3) is 0 Å². The molecule has 3 aliphatic rings. The molecule has 0 radical (unpaired) electrons. The van der Waals surface area contributed by atoms with Gasteiger partial charge in [0, 0.05) is 18.7 Å². The molecule has 0 aromatic rings. The van der Waals surface area contributed by atoms with Crippen molar-refractivity contribution in [3.63, 3.8) is 0 Å². The second-order valence-corrected chi connectivity index (χ2v) is 7.91. The fraction of sp³-hybridized carbons (Fsp3) is 1.00. The van der Waals surface area contributed by atoms with E-state index in [9.17, 15) is 0 Å². The van der Waals surface area contributed by atoms with Crippen LogP contribution in [0.1, 0.15) is 64.2 Å². The van der Waals surface area contributed by atoms with Crippen LogP contribution >= 0.6 is 11.8 Å². The maximum absolute atomic E-state index is 6.20. The maximum Gasteiger partial charge on any atom is 0.0713 e. The molecular formula is C16H29NOS. The van der Waals surface area contributed by atoms with Crippen LogP contribution in [0.15, 0.2) is 0 Å². The molecule has 1 saturated carbocycles. The highest BCUT2D eigenvalue weighted by Crippen LogP contribution is 2.37. The molecule has 0 bridgehead atoms. The van der Waals surface area contributed by atoms with Crippen molar-refractivity contribution in [2.24, 2.45) is 0 Å². The minimum Gasteiger partial charge on any atom is -0.375 e. The van der Waals surface area contributed by atoms with Crippen molar-refractivity contribution in [1.29, 1.82) is 0 Å². The zero-order chi connectivity index (χ0) is 13.0. The van der Waals surface area contributed by atoms with Gasteiger partial charge < -0.3 is 10.1 Å². The standard InChI is InChI=1S/C16H29NOS/c1-2-4-6-14(5-3-1)17-15-7-10-18-16(13-15)8-11-19-12-9-16/h14-15,17H,1-13H2. The van der Waals surface area contributed by atoms with Crippen LogP contribution in [0, 0.1) is 0 Å². The third kappa shape index (κ3) is 3.89. The molecule has 0 aromatic carbocycles. The van der Waals surface area contributed by atoms with Crippen molar-refractivity contribution in [3.8, 4) is 0 Å². The van der Waals surface area contributed by atoms with Gasteiger partial charge in [-0.05, 0) is 50.0 Å². The maximum atomic E-state index is 6.20. The van der Waals surface area contributed by atoms with Crippen molar-refractivity contribution in [2.45, 2.75) is 81.9 Å². The fourth-order valence-corrected chi connectivity index (χ4v) is 5.28. The van der Waals surface area contributed by atoms with Crippen molar-refractivity contribution in [2.75, 3.05) is 18.1 Å². The number of hydrogen-bond donors (Lipinski definition) is 1. The first kappa shape index (κ1) is 14.2. The van der Waals surface area contributed by atoms with Gasteiger partial charge in [0.1, 0.15) is 0 Å². The molecule has 0 amide bonds. The lowest BCUT2D eigenvalue weighted by molar-refractivity contribution is -0.0943. The van der Waals surface area contributed by atoms with Crippen LogP contribution < -0.4 is 5.32 Å². The summed E-state index contributed by atoms with van der Waals surface area (Å²) in [5.74, 6) is 2.60. The van der Waals surface area contributed by atoms with E-state index in [2.05, 4.69) is 17.1 Å². The van der Waals surface area contributed by atoms with Gasteiger partial charge in [0.15, 0.2) is 0 Å². The number of ether oxygens (including phenoxy) is 1. The van der Waals surface area contributed by atoms with Crippen molar-refractivity contribution >= 4 is 11.8 Å². The summed E-state index contributed by atoms with van der Waals surface area (Å²) in [6, 6.07) is 1.51. The molecule has 2 nitrogen and oxygen atoms in total. The Balaban J connectivity index is 1.52. The molecule has 2 heterocycles. The Labute approximate surface area is 122 Å². The van der Waals surface area contributed by atoms with Crippen LogP contribution in [0.25, 0.3) is 0 Å². The van der Waals surface area contributed by atoms with Crippen molar-refractivity contribution in [3.05, 3.63) is 0 Å². The first-order chi connectivity index (χ1) is 9.36. The number of thioether (sulfide) groups is 1. The van der Waals surface area contributed by atoms with Crippen molar-refractivity contribution < 1.29 is 4.74 Å². The predicted octanol–water partition coefficient (Wildman–Crippen LogP) is 3.74. The molecule has 1 spiro atoms. The Bertz CT molecular complexity index is 264. The largest absolute Gasteiger partial charge is 0.375 e. The molecule has 3 rings (SSSR count). The van der Waals surface area contributed by atoms with E-state index in [4.69, 9.17) is 4.74 Å². The Hall–Kier alpha value is 0.270. The van der Waals surface area contributed by atoms with Crippen LogP contribution in [0.3, 0.4) is 0 Å². The van der Waals surface area contributed by atoms with Gasteiger partial charge in [0.2, 0.25) is 0 Å². The van der Waals surface area contributed by atoms with E-state index >= 15 is 0 Å².